The van der Waals surface area contributed by atoms with Gasteiger partial charge in [0.2, 0.25) is 0 Å². The molecule has 0 aliphatic carbocycles. The predicted molar refractivity (Wildman–Crippen MR) is 118 cm³/mol. The van der Waals surface area contributed by atoms with Crippen LogP contribution in [0.1, 0.15) is 11.1 Å². The van der Waals surface area contributed by atoms with Gasteiger partial charge in [-0.25, -0.2) is 4.18 Å². The molecule has 0 bridgehead atoms. The van der Waals surface area contributed by atoms with E-state index in [1.54, 1.807) is 44.6 Å². The standard InChI is InChI=1S/C23H19ClO5S/c1-27-21-17-10-6-7-11-18(17)22(28-2)20-14-16(12-13-19(20)21)30(25,26)29-23(24)15-8-4-3-5-9-15/h3-14,23H,1-2H3. The number of rotatable bonds is 6. The summed E-state index contributed by atoms with van der Waals surface area (Å²) >= 11 is 6.20. The number of hydrogen-bond acceptors (Lipinski definition) is 5. The van der Waals surface area contributed by atoms with Crippen molar-refractivity contribution in [3.8, 4) is 11.5 Å². The highest BCUT2D eigenvalue weighted by molar-refractivity contribution is 7.86. The Morgan fingerprint density at radius 2 is 1.27 bits per heavy atom. The van der Waals surface area contributed by atoms with Crippen molar-refractivity contribution in [2.75, 3.05) is 14.2 Å². The highest BCUT2D eigenvalue weighted by Crippen LogP contribution is 2.43. The number of methoxy groups -OCH3 is 2. The lowest BCUT2D eigenvalue weighted by atomic mass is 10.0. The monoisotopic (exact) mass is 442 g/mol. The van der Waals surface area contributed by atoms with Crippen molar-refractivity contribution in [1.82, 2.24) is 0 Å². The third kappa shape index (κ3) is 3.58. The summed E-state index contributed by atoms with van der Waals surface area (Å²) in [6.07, 6.45) is 0. The molecule has 0 radical (unpaired) electrons. The van der Waals surface area contributed by atoms with Crippen LogP contribution in [0, 0.1) is 0 Å². The Labute approximate surface area is 179 Å². The molecule has 0 saturated carbocycles. The molecule has 0 heterocycles. The summed E-state index contributed by atoms with van der Waals surface area (Å²) in [5.74, 6) is 1.20. The molecule has 5 nitrogen and oxygen atoms in total. The molecule has 0 aliphatic heterocycles. The predicted octanol–water partition coefficient (Wildman–Crippen LogP) is 5.65. The van der Waals surface area contributed by atoms with E-state index in [1.165, 1.54) is 12.1 Å². The maximum absolute atomic E-state index is 12.9. The lowest BCUT2D eigenvalue weighted by Crippen LogP contribution is -2.09. The van der Waals surface area contributed by atoms with E-state index in [2.05, 4.69) is 0 Å². The zero-order chi connectivity index (χ0) is 21.3. The Bertz CT molecular complexity index is 1320. The summed E-state index contributed by atoms with van der Waals surface area (Å²) in [5, 5.41) is 3.03. The minimum absolute atomic E-state index is 0.0211. The van der Waals surface area contributed by atoms with Crippen LogP contribution < -0.4 is 9.47 Å². The van der Waals surface area contributed by atoms with E-state index in [1.807, 2.05) is 30.3 Å². The van der Waals surface area contributed by atoms with Gasteiger partial charge in [-0.3, -0.25) is 0 Å². The zero-order valence-electron chi connectivity index (χ0n) is 16.3. The largest absolute Gasteiger partial charge is 0.495 e. The van der Waals surface area contributed by atoms with E-state index in [-0.39, 0.29) is 4.90 Å². The van der Waals surface area contributed by atoms with Crippen LogP contribution >= 0.6 is 11.6 Å². The fourth-order valence-electron chi connectivity index (χ4n) is 3.50. The average Bonchev–Trinajstić information content (AvgIpc) is 2.77. The number of hydrogen-bond donors (Lipinski definition) is 0. The number of alkyl halides is 1. The van der Waals surface area contributed by atoms with E-state index < -0.39 is 15.7 Å². The molecule has 4 aromatic rings. The van der Waals surface area contributed by atoms with Crippen LogP contribution in [0.4, 0.5) is 0 Å². The van der Waals surface area contributed by atoms with E-state index in [4.69, 9.17) is 25.3 Å². The molecule has 1 atom stereocenters. The Kier molecular flexibility index (Phi) is 5.56. The highest BCUT2D eigenvalue weighted by Gasteiger charge is 2.24. The van der Waals surface area contributed by atoms with Crippen molar-refractivity contribution in [2.24, 2.45) is 0 Å². The van der Waals surface area contributed by atoms with Crippen molar-refractivity contribution in [2.45, 2.75) is 10.5 Å². The van der Waals surface area contributed by atoms with Gasteiger partial charge in [0.25, 0.3) is 10.1 Å². The second kappa shape index (κ2) is 8.14. The van der Waals surface area contributed by atoms with Gasteiger partial charge < -0.3 is 9.47 Å². The van der Waals surface area contributed by atoms with Gasteiger partial charge in [-0.1, -0.05) is 66.2 Å². The summed E-state index contributed by atoms with van der Waals surface area (Å²) in [6.45, 7) is 0. The lowest BCUT2D eigenvalue weighted by molar-refractivity contribution is 0.292. The first-order valence-electron chi connectivity index (χ1n) is 9.15. The quantitative estimate of drug-likeness (QED) is 0.219. The maximum atomic E-state index is 12.9. The van der Waals surface area contributed by atoms with Gasteiger partial charge in [-0.05, 0) is 23.8 Å². The van der Waals surface area contributed by atoms with Gasteiger partial charge in [0.05, 0.1) is 19.1 Å². The van der Waals surface area contributed by atoms with Gasteiger partial charge in [0.15, 0.2) is 5.56 Å². The van der Waals surface area contributed by atoms with Crippen LogP contribution in [0.3, 0.4) is 0 Å². The van der Waals surface area contributed by atoms with Crippen LogP contribution in [0.5, 0.6) is 11.5 Å². The molecule has 4 aromatic carbocycles. The summed E-state index contributed by atoms with van der Waals surface area (Å²) in [6, 6.07) is 21.1. The second-order valence-electron chi connectivity index (χ2n) is 6.60. The molecule has 7 heteroatoms. The van der Waals surface area contributed by atoms with E-state index >= 15 is 0 Å². The summed E-state index contributed by atoms with van der Waals surface area (Å²) in [5.41, 5.74) is -0.589. The third-order valence-corrected chi connectivity index (χ3v) is 6.59. The average molecular weight is 443 g/mol. The molecule has 4 rings (SSSR count). The summed E-state index contributed by atoms with van der Waals surface area (Å²) < 4.78 is 42.3. The minimum Gasteiger partial charge on any atom is -0.495 e. The van der Waals surface area contributed by atoms with Crippen LogP contribution in [-0.4, -0.2) is 22.6 Å². The van der Waals surface area contributed by atoms with Gasteiger partial charge in [0, 0.05) is 21.5 Å². The highest BCUT2D eigenvalue weighted by atomic mass is 35.5. The summed E-state index contributed by atoms with van der Waals surface area (Å²) in [4.78, 5) is -0.0211. The van der Waals surface area contributed by atoms with E-state index in [0.29, 0.717) is 22.4 Å². The fraction of sp³-hybridized carbons (Fsp3) is 0.130. The van der Waals surface area contributed by atoms with Crippen LogP contribution in [0.2, 0.25) is 0 Å². The fourth-order valence-corrected chi connectivity index (χ4v) is 4.87. The first-order valence-corrected chi connectivity index (χ1v) is 11.0. The molecule has 0 spiro atoms. The molecule has 30 heavy (non-hydrogen) atoms. The molecular formula is C23H19ClO5S. The number of benzene rings is 4. The maximum Gasteiger partial charge on any atom is 0.298 e. The lowest BCUT2D eigenvalue weighted by Gasteiger charge is -2.16. The van der Waals surface area contributed by atoms with Crippen molar-refractivity contribution >= 4 is 43.3 Å². The molecule has 0 N–H and O–H groups in total. The molecule has 0 amide bonds. The van der Waals surface area contributed by atoms with Gasteiger partial charge in [-0.15, -0.1) is 0 Å². The Hall–Kier alpha value is -2.80. The summed E-state index contributed by atoms with van der Waals surface area (Å²) in [7, 11) is -0.991. The Morgan fingerprint density at radius 3 is 1.87 bits per heavy atom. The molecule has 0 aromatic heterocycles. The topological polar surface area (TPSA) is 61.8 Å². The van der Waals surface area contributed by atoms with Gasteiger partial charge in [-0.2, -0.15) is 8.42 Å². The number of ether oxygens (including phenoxy) is 2. The van der Waals surface area contributed by atoms with Crippen LogP contribution in [0.25, 0.3) is 21.5 Å². The van der Waals surface area contributed by atoms with Crippen LogP contribution in [0.15, 0.2) is 77.7 Å². The molecule has 0 saturated heterocycles. The Balaban J connectivity index is 1.86. The van der Waals surface area contributed by atoms with Crippen molar-refractivity contribution < 1.29 is 22.1 Å². The Morgan fingerprint density at radius 1 is 0.733 bits per heavy atom. The molecule has 1 unspecified atom stereocenters. The number of fused-ring (bicyclic) bond motifs is 2. The van der Waals surface area contributed by atoms with Gasteiger partial charge >= 0.3 is 0 Å². The van der Waals surface area contributed by atoms with Gasteiger partial charge in [0.1, 0.15) is 11.5 Å². The first-order chi connectivity index (χ1) is 14.5. The normalized spacial score (nSPS) is 12.8. The third-order valence-electron chi connectivity index (χ3n) is 4.87. The van der Waals surface area contributed by atoms with E-state index in [9.17, 15) is 8.42 Å². The minimum atomic E-state index is -4.13. The second-order valence-corrected chi connectivity index (χ2v) is 8.57. The molecular weight excluding hydrogens is 424 g/mol. The molecule has 154 valence electrons. The van der Waals surface area contributed by atoms with Crippen molar-refractivity contribution in [3.63, 3.8) is 0 Å². The van der Waals surface area contributed by atoms with Crippen molar-refractivity contribution in [3.05, 3.63) is 78.4 Å². The van der Waals surface area contributed by atoms with Crippen molar-refractivity contribution in [1.29, 1.82) is 0 Å². The first kappa shape index (κ1) is 20.5. The van der Waals surface area contributed by atoms with E-state index in [0.717, 1.165) is 16.2 Å². The number of halogens is 1. The SMILES string of the molecule is COc1c2ccccc2c(OC)c2cc(S(=O)(=O)OC(Cl)c3ccccc3)ccc12. The zero-order valence-corrected chi connectivity index (χ0v) is 17.9. The van der Waals surface area contributed by atoms with Crippen LogP contribution in [-0.2, 0) is 14.3 Å². The smallest absolute Gasteiger partial charge is 0.298 e. The molecule has 0 fully saturated rings. The molecule has 0 aliphatic rings.